The highest BCUT2D eigenvalue weighted by atomic mass is 79.9. The van der Waals surface area contributed by atoms with E-state index in [-0.39, 0.29) is 6.61 Å². The standard InChI is InChI=1S/C14H13BrO2/c1-10-6-7-13(11(8-10)9-16)17-14-5-3-2-4-12(14)15/h2-8,16H,9H2,1H3. The number of benzene rings is 2. The number of aliphatic hydroxyl groups excluding tert-OH is 1. The summed E-state index contributed by atoms with van der Waals surface area (Å²) < 4.78 is 6.67. The van der Waals surface area contributed by atoms with E-state index in [0.717, 1.165) is 21.3 Å². The molecule has 3 heteroatoms. The van der Waals surface area contributed by atoms with Gasteiger partial charge in [-0.05, 0) is 41.1 Å². The lowest BCUT2D eigenvalue weighted by Crippen LogP contribution is -1.93. The van der Waals surface area contributed by atoms with E-state index < -0.39 is 0 Å². The Hall–Kier alpha value is -1.32. The average molecular weight is 293 g/mol. The highest BCUT2D eigenvalue weighted by molar-refractivity contribution is 9.10. The van der Waals surface area contributed by atoms with Gasteiger partial charge in [-0.2, -0.15) is 0 Å². The summed E-state index contributed by atoms with van der Waals surface area (Å²) in [5, 5.41) is 9.30. The van der Waals surface area contributed by atoms with E-state index in [2.05, 4.69) is 15.9 Å². The van der Waals surface area contributed by atoms with Crippen molar-refractivity contribution in [3.05, 3.63) is 58.1 Å². The molecule has 0 amide bonds. The van der Waals surface area contributed by atoms with Crippen LogP contribution in [-0.2, 0) is 6.61 Å². The van der Waals surface area contributed by atoms with Crippen molar-refractivity contribution in [2.24, 2.45) is 0 Å². The molecular weight excluding hydrogens is 280 g/mol. The molecule has 0 heterocycles. The molecule has 2 nitrogen and oxygen atoms in total. The second-order valence-corrected chi connectivity index (χ2v) is 4.66. The van der Waals surface area contributed by atoms with E-state index in [9.17, 15) is 5.11 Å². The Labute approximate surface area is 109 Å². The minimum atomic E-state index is -0.0263. The fourth-order valence-corrected chi connectivity index (χ4v) is 1.94. The van der Waals surface area contributed by atoms with Crippen LogP contribution in [0.1, 0.15) is 11.1 Å². The van der Waals surface area contributed by atoms with Gasteiger partial charge in [-0.25, -0.2) is 0 Å². The molecule has 88 valence electrons. The molecule has 17 heavy (non-hydrogen) atoms. The maximum Gasteiger partial charge on any atom is 0.141 e. The van der Waals surface area contributed by atoms with Crippen LogP contribution in [0.3, 0.4) is 0 Å². The number of para-hydroxylation sites is 1. The van der Waals surface area contributed by atoms with E-state index in [0.29, 0.717) is 5.75 Å². The third-order valence-electron chi connectivity index (χ3n) is 2.44. The molecule has 0 bridgehead atoms. The van der Waals surface area contributed by atoms with Crippen LogP contribution >= 0.6 is 15.9 Å². The third-order valence-corrected chi connectivity index (χ3v) is 3.10. The van der Waals surface area contributed by atoms with Crippen LogP contribution in [0, 0.1) is 6.92 Å². The smallest absolute Gasteiger partial charge is 0.141 e. The molecule has 0 unspecified atom stereocenters. The summed E-state index contributed by atoms with van der Waals surface area (Å²) >= 11 is 3.43. The Morgan fingerprint density at radius 3 is 2.59 bits per heavy atom. The Morgan fingerprint density at radius 1 is 1.12 bits per heavy atom. The molecule has 0 saturated heterocycles. The van der Waals surface area contributed by atoms with Crippen molar-refractivity contribution < 1.29 is 9.84 Å². The van der Waals surface area contributed by atoms with Crippen LogP contribution < -0.4 is 4.74 Å². The number of rotatable bonds is 3. The molecule has 2 aromatic carbocycles. The van der Waals surface area contributed by atoms with Gasteiger partial charge >= 0.3 is 0 Å². The first-order valence-electron chi connectivity index (χ1n) is 5.33. The third kappa shape index (κ3) is 2.87. The van der Waals surface area contributed by atoms with Gasteiger partial charge in [0.25, 0.3) is 0 Å². The Morgan fingerprint density at radius 2 is 1.88 bits per heavy atom. The Balaban J connectivity index is 2.33. The first-order valence-corrected chi connectivity index (χ1v) is 6.13. The summed E-state index contributed by atoms with van der Waals surface area (Å²) in [7, 11) is 0. The van der Waals surface area contributed by atoms with Gasteiger partial charge in [0, 0.05) is 5.56 Å². The van der Waals surface area contributed by atoms with Crippen LogP contribution in [0.5, 0.6) is 11.5 Å². The van der Waals surface area contributed by atoms with E-state index in [4.69, 9.17) is 4.74 Å². The molecule has 0 radical (unpaired) electrons. The fraction of sp³-hybridized carbons (Fsp3) is 0.143. The van der Waals surface area contributed by atoms with Gasteiger partial charge in [-0.3, -0.25) is 0 Å². The molecule has 0 aliphatic carbocycles. The molecule has 2 rings (SSSR count). The molecular formula is C14H13BrO2. The molecule has 1 N–H and O–H groups in total. The summed E-state index contributed by atoms with van der Waals surface area (Å²) in [6.45, 7) is 1.96. The van der Waals surface area contributed by atoms with Crippen molar-refractivity contribution in [2.75, 3.05) is 0 Å². The molecule has 0 saturated carbocycles. The number of aryl methyl sites for hydroxylation is 1. The molecule has 0 aliphatic heterocycles. The molecule has 0 aromatic heterocycles. The predicted octanol–water partition coefficient (Wildman–Crippen LogP) is 4.04. The summed E-state index contributed by atoms with van der Waals surface area (Å²) in [5.74, 6) is 1.43. The Kier molecular flexibility index (Phi) is 3.82. The lowest BCUT2D eigenvalue weighted by atomic mass is 10.1. The highest BCUT2D eigenvalue weighted by Gasteiger charge is 2.06. The molecule has 2 aromatic rings. The molecule has 0 aliphatic rings. The summed E-state index contributed by atoms with van der Waals surface area (Å²) in [6, 6.07) is 13.4. The SMILES string of the molecule is Cc1ccc(Oc2ccccc2Br)c(CO)c1. The van der Waals surface area contributed by atoms with Crippen molar-refractivity contribution in [3.63, 3.8) is 0 Å². The van der Waals surface area contributed by atoms with Gasteiger partial charge < -0.3 is 9.84 Å². The minimum absolute atomic E-state index is 0.0263. The van der Waals surface area contributed by atoms with Gasteiger partial charge in [0.1, 0.15) is 11.5 Å². The molecule has 0 atom stereocenters. The Bertz CT molecular complexity index is 523. The van der Waals surface area contributed by atoms with Crippen molar-refractivity contribution in [3.8, 4) is 11.5 Å². The topological polar surface area (TPSA) is 29.5 Å². The van der Waals surface area contributed by atoms with E-state index >= 15 is 0 Å². The highest BCUT2D eigenvalue weighted by Crippen LogP contribution is 2.31. The van der Waals surface area contributed by atoms with Crippen molar-refractivity contribution in [1.82, 2.24) is 0 Å². The number of hydrogen-bond donors (Lipinski definition) is 1. The number of aliphatic hydroxyl groups is 1. The van der Waals surface area contributed by atoms with Crippen molar-refractivity contribution >= 4 is 15.9 Å². The van der Waals surface area contributed by atoms with E-state index in [1.165, 1.54) is 0 Å². The fourth-order valence-electron chi connectivity index (χ4n) is 1.58. The monoisotopic (exact) mass is 292 g/mol. The van der Waals surface area contributed by atoms with Gasteiger partial charge in [-0.15, -0.1) is 0 Å². The van der Waals surface area contributed by atoms with Gasteiger partial charge in [0.05, 0.1) is 11.1 Å². The average Bonchev–Trinajstić information content (AvgIpc) is 2.34. The van der Waals surface area contributed by atoms with Crippen molar-refractivity contribution in [1.29, 1.82) is 0 Å². The number of ether oxygens (including phenoxy) is 1. The second-order valence-electron chi connectivity index (χ2n) is 3.80. The number of hydrogen-bond acceptors (Lipinski definition) is 2. The zero-order valence-electron chi connectivity index (χ0n) is 9.48. The van der Waals surface area contributed by atoms with Crippen LogP contribution in [-0.4, -0.2) is 5.11 Å². The van der Waals surface area contributed by atoms with Gasteiger partial charge in [0.2, 0.25) is 0 Å². The first kappa shape index (κ1) is 12.1. The first-order chi connectivity index (χ1) is 8.20. The predicted molar refractivity (Wildman–Crippen MR) is 71.3 cm³/mol. The lowest BCUT2D eigenvalue weighted by Gasteiger charge is -2.11. The van der Waals surface area contributed by atoms with E-state index in [1.54, 1.807) is 0 Å². The normalized spacial score (nSPS) is 10.3. The zero-order chi connectivity index (χ0) is 12.3. The molecule has 0 spiro atoms. The van der Waals surface area contributed by atoms with E-state index in [1.807, 2.05) is 49.4 Å². The summed E-state index contributed by atoms with van der Waals surface area (Å²) in [4.78, 5) is 0. The van der Waals surface area contributed by atoms with Gasteiger partial charge in [-0.1, -0.05) is 29.8 Å². The van der Waals surface area contributed by atoms with Crippen LogP contribution in [0.2, 0.25) is 0 Å². The van der Waals surface area contributed by atoms with Crippen LogP contribution in [0.4, 0.5) is 0 Å². The largest absolute Gasteiger partial charge is 0.456 e. The minimum Gasteiger partial charge on any atom is -0.456 e. The maximum atomic E-state index is 9.30. The molecule has 0 fully saturated rings. The summed E-state index contributed by atoms with van der Waals surface area (Å²) in [5.41, 5.74) is 1.90. The lowest BCUT2D eigenvalue weighted by molar-refractivity contribution is 0.276. The number of halogens is 1. The zero-order valence-corrected chi connectivity index (χ0v) is 11.1. The maximum absolute atomic E-state index is 9.30. The van der Waals surface area contributed by atoms with Crippen LogP contribution in [0.25, 0.3) is 0 Å². The quantitative estimate of drug-likeness (QED) is 0.925. The van der Waals surface area contributed by atoms with Crippen LogP contribution in [0.15, 0.2) is 46.9 Å². The second kappa shape index (κ2) is 5.34. The summed E-state index contributed by atoms with van der Waals surface area (Å²) in [6.07, 6.45) is 0. The van der Waals surface area contributed by atoms with Gasteiger partial charge in [0.15, 0.2) is 0 Å². The van der Waals surface area contributed by atoms with Crippen molar-refractivity contribution in [2.45, 2.75) is 13.5 Å².